The standard InChI is InChI=1S/C33H35N5OS2/c1-4-38-27-12-8-22(16-26(27)24-11-9-23(17-28(24)38)29-15-20(2)19-40-29)18-35-13-5-6-14-36-30-25-10-7-21(3)37-33(25)41-31(30)32(34)39/h7-12,15-17,19,35-36H,4-6,13-14,18H2,1-3H3,(H2,34,39). The average Bonchev–Trinajstić information content (AvgIpc) is 3.65. The van der Waals surface area contributed by atoms with E-state index < -0.39 is 5.91 Å². The van der Waals surface area contributed by atoms with Crippen LogP contribution in [0.1, 0.15) is 46.3 Å². The third-order valence-electron chi connectivity index (χ3n) is 7.59. The van der Waals surface area contributed by atoms with E-state index in [4.69, 9.17) is 5.73 Å². The topological polar surface area (TPSA) is 85.0 Å². The minimum atomic E-state index is -0.410. The van der Waals surface area contributed by atoms with Crippen molar-refractivity contribution in [3.8, 4) is 10.4 Å². The summed E-state index contributed by atoms with van der Waals surface area (Å²) in [4.78, 5) is 19.3. The van der Waals surface area contributed by atoms with Gasteiger partial charge < -0.3 is 20.9 Å². The number of carbonyl (C=O) groups excluding carboxylic acids is 1. The van der Waals surface area contributed by atoms with E-state index in [1.54, 1.807) is 0 Å². The van der Waals surface area contributed by atoms with Crippen molar-refractivity contribution in [2.24, 2.45) is 5.73 Å². The third kappa shape index (κ3) is 5.47. The van der Waals surface area contributed by atoms with Gasteiger partial charge in [0.25, 0.3) is 5.91 Å². The molecule has 0 unspecified atom stereocenters. The Bertz CT molecular complexity index is 1880. The molecule has 1 amide bonds. The highest BCUT2D eigenvalue weighted by molar-refractivity contribution is 7.21. The van der Waals surface area contributed by atoms with E-state index in [-0.39, 0.29) is 0 Å². The lowest BCUT2D eigenvalue weighted by Gasteiger charge is -2.09. The number of hydrogen-bond acceptors (Lipinski definition) is 6. The maximum atomic E-state index is 12.0. The summed E-state index contributed by atoms with van der Waals surface area (Å²) in [5, 5.41) is 12.9. The molecule has 0 saturated heterocycles. The number of nitrogens with zero attached hydrogens (tertiary/aromatic N) is 2. The molecule has 4 aromatic heterocycles. The molecule has 210 valence electrons. The number of anilines is 1. The van der Waals surface area contributed by atoms with Crippen LogP contribution in [0.2, 0.25) is 0 Å². The van der Waals surface area contributed by atoms with E-state index in [2.05, 4.69) is 81.9 Å². The van der Waals surface area contributed by atoms with Crippen molar-refractivity contribution >= 4 is 66.3 Å². The highest BCUT2D eigenvalue weighted by Gasteiger charge is 2.17. The summed E-state index contributed by atoms with van der Waals surface area (Å²) < 4.78 is 2.43. The van der Waals surface area contributed by atoms with Gasteiger partial charge in [0.15, 0.2) is 0 Å². The molecular weight excluding hydrogens is 547 g/mol. The van der Waals surface area contributed by atoms with Crippen LogP contribution in [0.5, 0.6) is 0 Å². The number of primary amides is 1. The number of benzene rings is 2. The van der Waals surface area contributed by atoms with Crippen molar-refractivity contribution in [1.29, 1.82) is 0 Å². The number of amides is 1. The van der Waals surface area contributed by atoms with Gasteiger partial charge in [-0.05, 0) is 98.6 Å². The van der Waals surface area contributed by atoms with Crippen LogP contribution < -0.4 is 16.4 Å². The molecule has 0 aliphatic rings. The van der Waals surface area contributed by atoms with E-state index in [1.807, 2.05) is 30.4 Å². The Kier molecular flexibility index (Phi) is 7.79. The number of nitrogens with two attached hydrogens (primary N) is 1. The quantitative estimate of drug-likeness (QED) is 0.136. The van der Waals surface area contributed by atoms with Gasteiger partial charge in [-0.1, -0.05) is 18.2 Å². The minimum Gasteiger partial charge on any atom is -0.383 e. The van der Waals surface area contributed by atoms with Gasteiger partial charge >= 0.3 is 0 Å². The summed E-state index contributed by atoms with van der Waals surface area (Å²) in [6, 6.07) is 20.0. The number of carbonyl (C=O) groups is 1. The van der Waals surface area contributed by atoms with Crippen molar-refractivity contribution in [2.45, 2.75) is 46.7 Å². The normalized spacial score (nSPS) is 11.7. The van der Waals surface area contributed by atoms with E-state index in [9.17, 15) is 4.79 Å². The van der Waals surface area contributed by atoms with Gasteiger partial charge in [-0.2, -0.15) is 0 Å². The van der Waals surface area contributed by atoms with Crippen LogP contribution >= 0.6 is 22.7 Å². The van der Waals surface area contributed by atoms with Crippen molar-refractivity contribution < 1.29 is 4.79 Å². The number of nitrogens with one attached hydrogen (secondary N) is 2. The molecule has 0 fully saturated rings. The van der Waals surface area contributed by atoms with Crippen LogP contribution in [0, 0.1) is 13.8 Å². The molecule has 6 nitrogen and oxygen atoms in total. The van der Waals surface area contributed by atoms with Gasteiger partial charge in [0.2, 0.25) is 0 Å². The lowest BCUT2D eigenvalue weighted by atomic mass is 10.1. The molecule has 41 heavy (non-hydrogen) atoms. The van der Waals surface area contributed by atoms with E-state index >= 15 is 0 Å². The highest BCUT2D eigenvalue weighted by atomic mass is 32.1. The molecule has 2 aromatic carbocycles. The Morgan fingerprint density at radius 1 is 0.951 bits per heavy atom. The number of thiophene rings is 2. The SMILES string of the molecule is CCn1c2ccc(CNCCCCNc3c(C(N)=O)sc4nc(C)ccc34)cc2c2ccc(-c3cc(C)cs3)cc21. The van der Waals surface area contributed by atoms with Crippen LogP contribution in [0.4, 0.5) is 5.69 Å². The zero-order chi connectivity index (χ0) is 28.5. The van der Waals surface area contributed by atoms with Crippen LogP contribution in [-0.4, -0.2) is 28.5 Å². The fourth-order valence-corrected chi connectivity index (χ4v) is 7.52. The van der Waals surface area contributed by atoms with Crippen LogP contribution in [-0.2, 0) is 13.1 Å². The van der Waals surface area contributed by atoms with Crippen molar-refractivity contribution in [3.05, 3.63) is 81.7 Å². The number of aryl methyl sites for hydroxylation is 3. The summed E-state index contributed by atoms with van der Waals surface area (Å²) in [5.74, 6) is -0.410. The zero-order valence-electron chi connectivity index (χ0n) is 23.7. The smallest absolute Gasteiger partial charge is 0.261 e. The number of rotatable bonds is 11. The first-order valence-electron chi connectivity index (χ1n) is 14.2. The highest BCUT2D eigenvalue weighted by Crippen LogP contribution is 2.36. The molecule has 0 spiro atoms. The number of unbranched alkanes of at least 4 members (excludes halogenated alkanes) is 1. The Morgan fingerprint density at radius 3 is 2.56 bits per heavy atom. The van der Waals surface area contributed by atoms with Gasteiger partial charge in [0.1, 0.15) is 9.71 Å². The van der Waals surface area contributed by atoms with Gasteiger partial charge in [0, 0.05) is 57.4 Å². The van der Waals surface area contributed by atoms with Crippen molar-refractivity contribution in [2.75, 3.05) is 18.4 Å². The monoisotopic (exact) mass is 581 g/mol. The average molecular weight is 582 g/mol. The molecule has 0 aliphatic carbocycles. The second-order valence-electron chi connectivity index (χ2n) is 10.6. The molecule has 6 aromatic rings. The molecule has 0 aliphatic heterocycles. The number of hydrogen-bond donors (Lipinski definition) is 3. The molecule has 0 saturated carbocycles. The number of fused-ring (bicyclic) bond motifs is 4. The minimum absolute atomic E-state index is 0.410. The Labute approximate surface area is 248 Å². The third-order valence-corrected chi connectivity index (χ3v) is 9.80. The van der Waals surface area contributed by atoms with Crippen LogP contribution in [0.25, 0.3) is 42.5 Å². The Morgan fingerprint density at radius 2 is 1.78 bits per heavy atom. The summed E-state index contributed by atoms with van der Waals surface area (Å²) in [5.41, 5.74) is 13.9. The maximum absolute atomic E-state index is 12.0. The second kappa shape index (κ2) is 11.6. The van der Waals surface area contributed by atoms with Crippen LogP contribution in [0.3, 0.4) is 0 Å². The summed E-state index contributed by atoms with van der Waals surface area (Å²) in [7, 11) is 0. The summed E-state index contributed by atoms with van der Waals surface area (Å²) in [6.07, 6.45) is 2.01. The van der Waals surface area contributed by atoms with Gasteiger partial charge in [-0.3, -0.25) is 4.79 Å². The van der Waals surface area contributed by atoms with E-state index in [0.29, 0.717) is 4.88 Å². The lowest BCUT2D eigenvalue weighted by Crippen LogP contribution is -2.16. The zero-order valence-corrected chi connectivity index (χ0v) is 25.3. The number of aromatic nitrogens is 2. The Balaban J connectivity index is 1.07. The predicted molar refractivity (Wildman–Crippen MR) is 175 cm³/mol. The molecular formula is C33H35N5OS2. The summed E-state index contributed by atoms with van der Waals surface area (Å²) in [6.45, 7) is 9.80. The molecule has 0 radical (unpaired) electrons. The maximum Gasteiger partial charge on any atom is 0.261 e. The Hall–Kier alpha value is -3.72. The predicted octanol–water partition coefficient (Wildman–Crippen LogP) is 7.85. The molecule has 8 heteroatoms. The molecule has 6 rings (SSSR count). The van der Waals surface area contributed by atoms with Crippen molar-refractivity contribution in [1.82, 2.24) is 14.9 Å². The second-order valence-corrected chi connectivity index (χ2v) is 12.5. The molecule has 4 N–H and O–H groups in total. The van der Waals surface area contributed by atoms with Gasteiger partial charge in [0.05, 0.1) is 5.69 Å². The van der Waals surface area contributed by atoms with E-state index in [1.165, 1.54) is 54.7 Å². The lowest BCUT2D eigenvalue weighted by molar-refractivity contribution is 0.100. The first kappa shape index (κ1) is 27.4. The molecule has 0 atom stereocenters. The van der Waals surface area contributed by atoms with Crippen LogP contribution in [0.15, 0.2) is 60.0 Å². The molecule has 4 heterocycles. The number of pyridine rings is 1. The van der Waals surface area contributed by atoms with E-state index in [0.717, 1.165) is 60.6 Å². The summed E-state index contributed by atoms with van der Waals surface area (Å²) >= 11 is 3.17. The first-order chi connectivity index (χ1) is 19.9. The first-order valence-corrected chi connectivity index (χ1v) is 15.9. The fourth-order valence-electron chi connectivity index (χ4n) is 5.57. The molecule has 0 bridgehead atoms. The van der Waals surface area contributed by atoms with Gasteiger partial charge in [-0.15, -0.1) is 22.7 Å². The van der Waals surface area contributed by atoms with Gasteiger partial charge in [-0.25, -0.2) is 4.98 Å². The fraction of sp³-hybridized carbons (Fsp3) is 0.273. The van der Waals surface area contributed by atoms with Crippen molar-refractivity contribution in [3.63, 3.8) is 0 Å². The largest absolute Gasteiger partial charge is 0.383 e.